The Morgan fingerprint density at radius 3 is 2.44 bits per heavy atom. The van der Waals surface area contributed by atoms with E-state index in [2.05, 4.69) is 20.6 Å². The van der Waals surface area contributed by atoms with Gasteiger partial charge in [-0.15, -0.1) is 11.3 Å². The van der Waals surface area contributed by atoms with Crippen LogP contribution >= 0.6 is 11.3 Å². The molecule has 2 heterocycles. The molecule has 0 aliphatic heterocycles. The third-order valence-corrected chi connectivity index (χ3v) is 6.29. The number of hydrogen-bond acceptors (Lipinski definition) is 6. The molecule has 0 aliphatic rings. The minimum absolute atomic E-state index is 0.183. The first-order chi connectivity index (χ1) is 16.7. The van der Waals surface area contributed by atoms with Crippen LogP contribution in [0.25, 0.3) is 0 Å². The van der Waals surface area contributed by atoms with E-state index in [0.29, 0.717) is 12.3 Å². The summed E-state index contributed by atoms with van der Waals surface area (Å²) in [4.78, 5) is 35.6. The Bertz CT molecular complexity index is 1200. The molecule has 0 fully saturated rings. The summed E-state index contributed by atoms with van der Waals surface area (Å²) in [7, 11) is 1.59. The molecule has 2 aromatic heterocycles. The zero-order valence-electron chi connectivity index (χ0n) is 18.5. The van der Waals surface area contributed by atoms with Gasteiger partial charge in [-0.1, -0.05) is 48.5 Å². The van der Waals surface area contributed by atoms with E-state index in [-0.39, 0.29) is 11.6 Å². The van der Waals surface area contributed by atoms with Crippen molar-refractivity contribution in [2.75, 3.05) is 7.11 Å². The minimum Gasteiger partial charge on any atom is -0.497 e. The van der Waals surface area contributed by atoms with Gasteiger partial charge in [-0.2, -0.15) is 0 Å². The summed E-state index contributed by atoms with van der Waals surface area (Å²) in [5.74, 6) is -0.606. The standard InChI is InChI=1S/C26H24N4O3S/c1-33-20-11-9-19(10-12-20)23(26(32)29-16-18-6-3-2-4-7-18)24(22-8-5-15-34-22)30-25(31)21-17-27-13-14-28-21/h2-15,17,23-24H,16H2,1H3,(H,29,32)(H,30,31). The van der Waals surface area contributed by atoms with Crippen molar-refractivity contribution >= 4 is 23.2 Å². The van der Waals surface area contributed by atoms with E-state index < -0.39 is 17.9 Å². The molecule has 2 atom stereocenters. The number of benzene rings is 2. The highest BCUT2D eigenvalue weighted by molar-refractivity contribution is 7.10. The van der Waals surface area contributed by atoms with Crippen LogP contribution in [0.15, 0.2) is 90.7 Å². The Morgan fingerprint density at radius 2 is 1.79 bits per heavy atom. The van der Waals surface area contributed by atoms with E-state index in [1.807, 2.05) is 72.1 Å². The quantitative estimate of drug-likeness (QED) is 0.382. The van der Waals surface area contributed by atoms with Crippen molar-refractivity contribution < 1.29 is 14.3 Å². The number of carbonyl (C=O) groups is 2. The monoisotopic (exact) mass is 472 g/mol. The fraction of sp³-hybridized carbons (Fsp3) is 0.154. The zero-order valence-corrected chi connectivity index (χ0v) is 19.4. The summed E-state index contributed by atoms with van der Waals surface area (Å²) in [6, 6.07) is 20.2. The first kappa shape index (κ1) is 23.1. The van der Waals surface area contributed by atoms with Crippen molar-refractivity contribution in [2.45, 2.75) is 18.5 Å². The molecule has 0 aliphatic carbocycles. The van der Waals surface area contributed by atoms with Crippen LogP contribution in [-0.2, 0) is 11.3 Å². The van der Waals surface area contributed by atoms with Gasteiger partial charge in [-0.3, -0.25) is 14.6 Å². The van der Waals surface area contributed by atoms with Crippen LogP contribution < -0.4 is 15.4 Å². The average Bonchev–Trinajstić information content (AvgIpc) is 3.43. The fourth-order valence-corrected chi connectivity index (χ4v) is 4.43. The molecule has 0 saturated heterocycles. The number of amides is 2. The highest BCUT2D eigenvalue weighted by atomic mass is 32.1. The highest BCUT2D eigenvalue weighted by Crippen LogP contribution is 2.35. The van der Waals surface area contributed by atoms with Crippen LogP contribution in [0.1, 0.15) is 38.5 Å². The first-order valence-corrected chi connectivity index (χ1v) is 11.6. The van der Waals surface area contributed by atoms with Gasteiger partial charge in [0.2, 0.25) is 5.91 Å². The van der Waals surface area contributed by atoms with Gasteiger partial charge < -0.3 is 15.4 Å². The van der Waals surface area contributed by atoms with Crippen LogP contribution in [0.4, 0.5) is 0 Å². The Kier molecular flexibility index (Phi) is 7.62. The SMILES string of the molecule is COc1ccc(C(C(=O)NCc2ccccc2)C(NC(=O)c2cnccn2)c2cccs2)cc1. The molecule has 2 aromatic carbocycles. The molecular weight excluding hydrogens is 448 g/mol. The number of ether oxygens (including phenoxy) is 1. The van der Waals surface area contributed by atoms with E-state index in [1.165, 1.54) is 29.9 Å². The summed E-state index contributed by atoms with van der Waals surface area (Å²) in [6.07, 6.45) is 4.37. The normalized spacial score (nSPS) is 12.4. The molecule has 7 nitrogen and oxygen atoms in total. The molecule has 4 aromatic rings. The van der Waals surface area contributed by atoms with Gasteiger partial charge in [0.05, 0.1) is 25.3 Å². The molecule has 8 heteroatoms. The van der Waals surface area contributed by atoms with E-state index in [0.717, 1.165) is 16.0 Å². The second-order valence-electron chi connectivity index (χ2n) is 7.51. The van der Waals surface area contributed by atoms with Crippen LogP contribution in [0.2, 0.25) is 0 Å². The van der Waals surface area contributed by atoms with E-state index >= 15 is 0 Å². The van der Waals surface area contributed by atoms with E-state index in [1.54, 1.807) is 7.11 Å². The lowest BCUT2D eigenvalue weighted by Gasteiger charge is -2.27. The molecule has 0 radical (unpaired) electrons. The lowest BCUT2D eigenvalue weighted by molar-refractivity contribution is -0.123. The number of hydrogen-bond donors (Lipinski definition) is 2. The van der Waals surface area contributed by atoms with Crippen LogP contribution in [-0.4, -0.2) is 28.9 Å². The van der Waals surface area contributed by atoms with Crippen molar-refractivity contribution in [2.24, 2.45) is 0 Å². The molecular formula is C26H24N4O3S. The number of methoxy groups -OCH3 is 1. The lowest BCUT2D eigenvalue weighted by Crippen LogP contribution is -2.40. The van der Waals surface area contributed by atoms with Gasteiger partial charge >= 0.3 is 0 Å². The van der Waals surface area contributed by atoms with Crippen LogP contribution in [0, 0.1) is 0 Å². The van der Waals surface area contributed by atoms with E-state index in [4.69, 9.17) is 4.74 Å². The lowest BCUT2D eigenvalue weighted by atomic mass is 9.89. The Labute approximate surface area is 201 Å². The second kappa shape index (κ2) is 11.2. The van der Waals surface area contributed by atoms with Crippen molar-refractivity contribution in [3.63, 3.8) is 0 Å². The van der Waals surface area contributed by atoms with Gasteiger partial charge in [-0.25, -0.2) is 4.98 Å². The number of aromatic nitrogens is 2. The third kappa shape index (κ3) is 5.65. The van der Waals surface area contributed by atoms with Gasteiger partial charge in [0.25, 0.3) is 5.91 Å². The molecule has 34 heavy (non-hydrogen) atoms. The molecule has 2 unspecified atom stereocenters. The highest BCUT2D eigenvalue weighted by Gasteiger charge is 2.33. The third-order valence-electron chi connectivity index (χ3n) is 5.33. The molecule has 172 valence electrons. The summed E-state index contributed by atoms with van der Waals surface area (Å²) < 4.78 is 5.29. The summed E-state index contributed by atoms with van der Waals surface area (Å²) >= 11 is 1.48. The summed E-state index contributed by atoms with van der Waals surface area (Å²) in [5, 5.41) is 7.98. The van der Waals surface area contributed by atoms with Crippen LogP contribution in [0.5, 0.6) is 5.75 Å². The number of nitrogens with one attached hydrogen (secondary N) is 2. The smallest absolute Gasteiger partial charge is 0.272 e. The van der Waals surface area contributed by atoms with E-state index in [9.17, 15) is 9.59 Å². The average molecular weight is 473 g/mol. The molecule has 2 N–H and O–H groups in total. The molecule has 0 spiro atoms. The van der Waals surface area contributed by atoms with Crippen molar-refractivity contribution in [1.29, 1.82) is 0 Å². The summed E-state index contributed by atoms with van der Waals surface area (Å²) in [6.45, 7) is 0.377. The van der Waals surface area contributed by atoms with Crippen molar-refractivity contribution in [1.82, 2.24) is 20.6 Å². The Balaban J connectivity index is 1.68. The number of carbonyl (C=O) groups excluding carboxylic acids is 2. The number of nitrogens with zero attached hydrogens (tertiary/aromatic N) is 2. The van der Waals surface area contributed by atoms with Crippen molar-refractivity contribution in [3.05, 3.63) is 112 Å². The first-order valence-electron chi connectivity index (χ1n) is 10.7. The maximum atomic E-state index is 13.6. The Hall–Kier alpha value is -4.04. The second-order valence-corrected chi connectivity index (χ2v) is 8.49. The molecule has 0 saturated carbocycles. The predicted octanol–water partition coefficient (Wildman–Crippen LogP) is 4.12. The topological polar surface area (TPSA) is 93.2 Å². The molecule has 4 rings (SSSR count). The summed E-state index contributed by atoms with van der Waals surface area (Å²) in [5.41, 5.74) is 1.92. The molecule has 2 amide bonds. The van der Waals surface area contributed by atoms with Gasteiger partial charge in [0.1, 0.15) is 11.4 Å². The maximum Gasteiger partial charge on any atom is 0.272 e. The van der Waals surface area contributed by atoms with Gasteiger partial charge in [-0.05, 0) is 34.7 Å². The minimum atomic E-state index is -0.686. The zero-order chi connectivity index (χ0) is 23.8. The van der Waals surface area contributed by atoms with Crippen molar-refractivity contribution in [3.8, 4) is 5.75 Å². The number of rotatable bonds is 9. The van der Waals surface area contributed by atoms with Gasteiger partial charge in [0.15, 0.2) is 0 Å². The largest absolute Gasteiger partial charge is 0.497 e. The van der Waals surface area contributed by atoms with Crippen LogP contribution in [0.3, 0.4) is 0 Å². The fourth-order valence-electron chi connectivity index (χ4n) is 3.62. The van der Waals surface area contributed by atoms with Gasteiger partial charge in [0, 0.05) is 23.8 Å². The Morgan fingerprint density at radius 1 is 1.00 bits per heavy atom. The number of thiophene rings is 1. The molecule has 0 bridgehead atoms. The predicted molar refractivity (Wildman–Crippen MR) is 131 cm³/mol. The maximum absolute atomic E-state index is 13.6.